The molecule has 0 heterocycles. The van der Waals surface area contributed by atoms with Crippen LogP contribution in [0.4, 0.5) is 13.2 Å². The fourth-order valence-electron chi connectivity index (χ4n) is 0.721. The van der Waals surface area contributed by atoms with E-state index in [1.54, 1.807) is 0 Å². The van der Waals surface area contributed by atoms with Gasteiger partial charge in [0.05, 0.1) is 9.50 Å². The fraction of sp³-hybridized carbons (Fsp3) is 0.143. The Balaban J connectivity index is 3.04. The highest BCUT2D eigenvalue weighted by molar-refractivity contribution is 9.10. The van der Waals surface area contributed by atoms with Crippen LogP contribution in [-0.2, 0) is 0 Å². The second-order valence-corrected chi connectivity index (χ2v) is 3.54. The van der Waals surface area contributed by atoms with Crippen molar-refractivity contribution >= 4 is 27.5 Å². The molecule has 1 N–H and O–H groups in total. The molecule has 0 saturated carbocycles. The van der Waals surface area contributed by atoms with E-state index in [2.05, 4.69) is 20.7 Å². The number of phenolic OH excluding ortho intramolecular Hbond substituents is 1. The number of benzene rings is 1. The third-order valence-electron chi connectivity index (χ3n) is 1.23. The average molecular weight is 291 g/mol. The average Bonchev–Trinajstić information content (AvgIpc) is 1.97. The number of halogens is 5. The van der Waals surface area contributed by atoms with Crippen molar-refractivity contribution in [2.24, 2.45) is 0 Å². The van der Waals surface area contributed by atoms with E-state index < -0.39 is 17.9 Å². The van der Waals surface area contributed by atoms with E-state index in [1.807, 2.05) is 0 Å². The Bertz CT molecular complexity index is 354. The van der Waals surface area contributed by atoms with Gasteiger partial charge in [-0.1, -0.05) is 11.6 Å². The smallest absolute Gasteiger partial charge is 0.506 e. The molecule has 0 aliphatic heterocycles. The zero-order valence-corrected chi connectivity index (χ0v) is 8.74. The number of hydrogen-bond acceptors (Lipinski definition) is 2. The van der Waals surface area contributed by atoms with Crippen LogP contribution < -0.4 is 4.74 Å². The van der Waals surface area contributed by atoms with Crippen LogP contribution in [-0.4, -0.2) is 11.5 Å². The van der Waals surface area contributed by atoms with Gasteiger partial charge in [0.2, 0.25) is 0 Å². The number of rotatable bonds is 1. The molecule has 0 fully saturated rings. The van der Waals surface area contributed by atoms with Gasteiger partial charge in [-0.15, -0.1) is 13.2 Å². The van der Waals surface area contributed by atoms with Gasteiger partial charge in [0.1, 0.15) is 11.5 Å². The third-order valence-corrected chi connectivity index (χ3v) is 2.15. The van der Waals surface area contributed by atoms with Crippen LogP contribution in [0.2, 0.25) is 5.02 Å². The van der Waals surface area contributed by atoms with Gasteiger partial charge in [0, 0.05) is 6.07 Å². The fourth-order valence-corrected chi connectivity index (χ4v) is 1.44. The molecule has 1 aromatic carbocycles. The SMILES string of the molecule is Oc1cc(OC(F)(F)F)c(Br)cc1Cl. The van der Waals surface area contributed by atoms with Crippen LogP contribution in [0.5, 0.6) is 11.5 Å². The molecule has 14 heavy (non-hydrogen) atoms. The van der Waals surface area contributed by atoms with Gasteiger partial charge in [-0.05, 0) is 22.0 Å². The Labute approximate surface area is 90.4 Å². The first-order valence-electron chi connectivity index (χ1n) is 3.23. The van der Waals surface area contributed by atoms with E-state index in [0.29, 0.717) is 0 Å². The lowest BCUT2D eigenvalue weighted by atomic mass is 10.3. The maximum absolute atomic E-state index is 11.8. The van der Waals surface area contributed by atoms with Crippen molar-refractivity contribution in [1.29, 1.82) is 0 Å². The highest BCUT2D eigenvalue weighted by Crippen LogP contribution is 2.37. The number of phenols is 1. The van der Waals surface area contributed by atoms with Crippen LogP contribution in [0, 0.1) is 0 Å². The molecule has 0 aliphatic rings. The van der Waals surface area contributed by atoms with E-state index in [4.69, 9.17) is 16.7 Å². The molecule has 0 amide bonds. The lowest BCUT2D eigenvalue weighted by molar-refractivity contribution is -0.274. The first-order valence-corrected chi connectivity index (χ1v) is 4.40. The number of aromatic hydroxyl groups is 1. The Hall–Kier alpha value is -0.620. The predicted molar refractivity (Wildman–Crippen MR) is 47.5 cm³/mol. The van der Waals surface area contributed by atoms with Gasteiger partial charge in [0.25, 0.3) is 0 Å². The molecule has 1 aromatic rings. The quantitative estimate of drug-likeness (QED) is 0.855. The summed E-state index contributed by atoms with van der Waals surface area (Å²) in [5.41, 5.74) is 0. The van der Waals surface area contributed by atoms with Gasteiger partial charge in [-0.25, -0.2) is 0 Å². The van der Waals surface area contributed by atoms with Crippen molar-refractivity contribution < 1.29 is 23.0 Å². The van der Waals surface area contributed by atoms with Crippen LogP contribution in [0.15, 0.2) is 16.6 Å². The Morgan fingerprint density at radius 3 is 2.43 bits per heavy atom. The van der Waals surface area contributed by atoms with Crippen molar-refractivity contribution in [2.45, 2.75) is 6.36 Å². The van der Waals surface area contributed by atoms with Crippen LogP contribution in [0.25, 0.3) is 0 Å². The highest BCUT2D eigenvalue weighted by Gasteiger charge is 2.32. The van der Waals surface area contributed by atoms with Crippen molar-refractivity contribution in [3.8, 4) is 11.5 Å². The number of alkyl halides is 3. The van der Waals surface area contributed by atoms with Crippen LogP contribution in [0.3, 0.4) is 0 Å². The second kappa shape index (κ2) is 3.86. The predicted octanol–water partition coefficient (Wildman–Crippen LogP) is 3.71. The summed E-state index contributed by atoms with van der Waals surface area (Å²) in [5, 5.41) is 8.96. The summed E-state index contributed by atoms with van der Waals surface area (Å²) in [6, 6.07) is 1.89. The standard InChI is InChI=1S/C7H3BrClF3O2/c8-3-1-4(9)5(13)2-6(3)14-7(10,11)12/h1-2,13H. The van der Waals surface area contributed by atoms with Crippen LogP contribution in [0.1, 0.15) is 0 Å². The maximum atomic E-state index is 11.8. The van der Waals surface area contributed by atoms with Gasteiger partial charge in [0.15, 0.2) is 0 Å². The van der Waals surface area contributed by atoms with Crippen LogP contribution >= 0.6 is 27.5 Å². The van der Waals surface area contributed by atoms with E-state index in [-0.39, 0.29) is 9.50 Å². The van der Waals surface area contributed by atoms with E-state index in [9.17, 15) is 13.2 Å². The molecule has 0 saturated heterocycles. The van der Waals surface area contributed by atoms with Gasteiger partial charge in [-0.2, -0.15) is 0 Å². The molecule has 0 spiro atoms. The summed E-state index contributed by atoms with van der Waals surface area (Å²) < 4.78 is 39.0. The molecule has 0 atom stereocenters. The molecule has 0 aliphatic carbocycles. The molecule has 7 heteroatoms. The van der Waals surface area contributed by atoms with Gasteiger partial charge >= 0.3 is 6.36 Å². The Morgan fingerprint density at radius 1 is 1.36 bits per heavy atom. The summed E-state index contributed by atoms with van der Waals surface area (Å²) in [5.74, 6) is -1.02. The molecule has 0 bridgehead atoms. The molecular weight excluding hydrogens is 288 g/mol. The lowest BCUT2D eigenvalue weighted by Gasteiger charge is -2.11. The first-order chi connectivity index (χ1) is 6.29. The molecule has 0 radical (unpaired) electrons. The van der Waals surface area contributed by atoms with E-state index in [0.717, 1.165) is 12.1 Å². The Kier molecular flexibility index (Phi) is 3.16. The minimum absolute atomic E-state index is 0.0117. The van der Waals surface area contributed by atoms with Gasteiger partial charge in [-0.3, -0.25) is 0 Å². The molecule has 2 nitrogen and oxygen atoms in total. The zero-order chi connectivity index (χ0) is 10.9. The number of ether oxygens (including phenoxy) is 1. The molecule has 1 rings (SSSR count). The topological polar surface area (TPSA) is 29.5 Å². The van der Waals surface area contributed by atoms with Crippen molar-refractivity contribution in [2.75, 3.05) is 0 Å². The van der Waals surface area contributed by atoms with E-state index >= 15 is 0 Å². The second-order valence-electron chi connectivity index (χ2n) is 2.28. The summed E-state index contributed by atoms with van der Waals surface area (Å²) in [4.78, 5) is 0. The van der Waals surface area contributed by atoms with Gasteiger partial charge < -0.3 is 9.84 Å². The van der Waals surface area contributed by atoms with Crippen molar-refractivity contribution in [1.82, 2.24) is 0 Å². The molecule has 0 aromatic heterocycles. The van der Waals surface area contributed by atoms with E-state index in [1.165, 1.54) is 0 Å². The highest BCUT2D eigenvalue weighted by atomic mass is 79.9. The van der Waals surface area contributed by atoms with Crippen molar-refractivity contribution in [3.63, 3.8) is 0 Å². The maximum Gasteiger partial charge on any atom is 0.573 e. The minimum atomic E-state index is -4.80. The number of hydrogen-bond donors (Lipinski definition) is 1. The first kappa shape index (κ1) is 11.5. The molecule has 0 unspecified atom stereocenters. The normalized spacial score (nSPS) is 11.5. The van der Waals surface area contributed by atoms with Crippen molar-refractivity contribution in [3.05, 3.63) is 21.6 Å². The largest absolute Gasteiger partial charge is 0.573 e. The Morgan fingerprint density at radius 2 is 1.93 bits per heavy atom. The summed E-state index contributed by atoms with van der Waals surface area (Å²) >= 11 is 8.25. The molecule has 78 valence electrons. The summed E-state index contributed by atoms with van der Waals surface area (Å²) in [7, 11) is 0. The summed E-state index contributed by atoms with van der Waals surface area (Å²) in [6.45, 7) is 0. The monoisotopic (exact) mass is 290 g/mol. The minimum Gasteiger partial charge on any atom is -0.506 e. The third kappa shape index (κ3) is 2.95. The lowest BCUT2D eigenvalue weighted by Crippen LogP contribution is -2.17. The molecular formula is C7H3BrClF3O2. The summed E-state index contributed by atoms with van der Waals surface area (Å²) in [6.07, 6.45) is -4.80. The zero-order valence-electron chi connectivity index (χ0n) is 6.40.